The van der Waals surface area contributed by atoms with E-state index >= 15 is 0 Å². The predicted octanol–water partition coefficient (Wildman–Crippen LogP) is 5.05. The molecule has 0 unspecified atom stereocenters. The van der Waals surface area contributed by atoms with Gasteiger partial charge < -0.3 is 9.67 Å². The van der Waals surface area contributed by atoms with Crippen molar-refractivity contribution in [3.63, 3.8) is 0 Å². The Morgan fingerprint density at radius 1 is 1.26 bits per heavy atom. The standard InChI is InChI=1S/C20H22N2O/c1-13(2)17-6-5-7-18-19(15(4)23)12-22(20(17)18)11-16-9-8-14(3)10-21-16/h5-10,12-13,23H,4,11H2,1-3H3. The fraction of sp³-hybridized carbons (Fsp3) is 0.250. The van der Waals surface area contributed by atoms with Crippen LogP contribution in [0.25, 0.3) is 16.7 Å². The number of para-hydroxylation sites is 1. The van der Waals surface area contributed by atoms with E-state index in [0.29, 0.717) is 12.5 Å². The minimum Gasteiger partial charge on any atom is -0.508 e. The van der Waals surface area contributed by atoms with E-state index in [9.17, 15) is 5.11 Å². The molecule has 3 rings (SSSR count). The average Bonchev–Trinajstić information content (AvgIpc) is 2.88. The first-order chi connectivity index (χ1) is 11.0. The van der Waals surface area contributed by atoms with E-state index in [0.717, 1.165) is 27.7 Å². The quantitative estimate of drug-likeness (QED) is 0.685. The van der Waals surface area contributed by atoms with Crippen LogP contribution in [0.3, 0.4) is 0 Å². The number of aliphatic hydroxyl groups excluding tert-OH is 1. The lowest BCUT2D eigenvalue weighted by molar-refractivity contribution is 0.514. The van der Waals surface area contributed by atoms with E-state index in [1.807, 2.05) is 37.5 Å². The zero-order chi connectivity index (χ0) is 16.6. The van der Waals surface area contributed by atoms with Crippen LogP contribution in [-0.2, 0) is 6.54 Å². The van der Waals surface area contributed by atoms with Crippen LogP contribution in [0.4, 0.5) is 0 Å². The van der Waals surface area contributed by atoms with Gasteiger partial charge in [0.15, 0.2) is 0 Å². The molecule has 0 atom stereocenters. The second kappa shape index (κ2) is 5.92. The summed E-state index contributed by atoms with van der Waals surface area (Å²) in [6.45, 7) is 10.8. The third-order valence-corrected chi connectivity index (χ3v) is 4.17. The maximum Gasteiger partial charge on any atom is 0.117 e. The molecule has 0 radical (unpaired) electrons. The lowest BCUT2D eigenvalue weighted by Crippen LogP contribution is -2.03. The van der Waals surface area contributed by atoms with E-state index in [4.69, 9.17) is 0 Å². The number of pyridine rings is 1. The Morgan fingerprint density at radius 3 is 2.65 bits per heavy atom. The van der Waals surface area contributed by atoms with Gasteiger partial charge in [-0.1, -0.05) is 44.7 Å². The van der Waals surface area contributed by atoms with Crippen LogP contribution < -0.4 is 0 Å². The summed E-state index contributed by atoms with van der Waals surface area (Å²) in [6.07, 6.45) is 3.86. The highest BCUT2D eigenvalue weighted by Gasteiger charge is 2.15. The molecule has 0 aliphatic carbocycles. The number of aryl methyl sites for hydroxylation is 1. The predicted molar refractivity (Wildman–Crippen MR) is 95.8 cm³/mol. The van der Waals surface area contributed by atoms with E-state index in [-0.39, 0.29) is 5.76 Å². The number of benzene rings is 1. The maximum absolute atomic E-state index is 9.94. The van der Waals surface area contributed by atoms with Crippen molar-refractivity contribution in [2.24, 2.45) is 0 Å². The van der Waals surface area contributed by atoms with Gasteiger partial charge in [0.2, 0.25) is 0 Å². The maximum atomic E-state index is 9.94. The molecule has 1 aromatic carbocycles. The number of aliphatic hydroxyl groups is 1. The summed E-state index contributed by atoms with van der Waals surface area (Å²) in [4.78, 5) is 4.50. The van der Waals surface area contributed by atoms with Gasteiger partial charge in [0.05, 0.1) is 17.8 Å². The number of rotatable bonds is 4. The summed E-state index contributed by atoms with van der Waals surface area (Å²) in [6, 6.07) is 10.3. The summed E-state index contributed by atoms with van der Waals surface area (Å²) in [5.74, 6) is 0.504. The Labute approximate surface area is 136 Å². The van der Waals surface area contributed by atoms with Crippen LogP contribution in [0.1, 0.15) is 42.1 Å². The first kappa shape index (κ1) is 15.3. The smallest absolute Gasteiger partial charge is 0.117 e. The van der Waals surface area contributed by atoms with Crippen molar-refractivity contribution < 1.29 is 5.11 Å². The van der Waals surface area contributed by atoms with Crippen LogP contribution in [-0.4, -0.2) is 14.7 Å². The van der Waals surface area contributed by atoms with Gasteiger partial charge in [0.25, 0.3) is 0 Å². The lowest BCUT2D eigenvalue weighted by atomic mass is 9.99. The number of fused-ring (bicyclic) bond motifs is 1. The van der Waals surface area contributed by atoms with Crippen molar-refractivity contribution in [1.82, 2.24) is 9.55 Å². The largest absolute Gasteiger partial charge is 0.508 e. The normalized spacial score (nSPS) is 11.3. The Morgan fingerprint density at radius 2 is 2.04 bits per heavy atom. The second-order valence-electron chi connectivity index (χ2n) is 6.34. The molecular weight excluding hydrogens is 284 g/mol. The van der Waals surface area contributed by atoms with E-state index in [1.54, 1.807) is 0 Å². The van der Waals surface area contributed by atoms with Gasteiger partial charge in [0, 0.05) is 23.3 Å². The van der Waals surface area contributed by atoms with Gasteiger partial charge in [0.1, 0.15) is 5.76 Å². The first-order valence-corrected chi connectivity index (χ1v) is 7.89. The molecule has 0 aliphatic heterocycles. The summed E-state index contributed by atoms with van der Waals surface area (Å²) in [5.41, 5.74) is 5.35. The second-order valence-corrected chi connectivity index (χ2v) is 6.34. The average molecular weight is 306 g/mol. The Balaban J connectivity index is 2.18. The van der Waals surface area contributed by atoms with Crippen molar-refractivity contribution in [2.75, 3.05) is 0 Å². The molecule has 3 aromatic rings. The molecule has 0 saturated heterocycles. The highest BCUT2D eigenvalue weighted by atomic mass is 16.3. The first-order valence-electron chi connectivity index (χ1n) is 7.89. The van der Waals surface area contributed by atoms with Gasteiger partial charge in [-0.05, 0) is 30.0 Å². The van der Waals surface area contributed by atoms with Crippen molar-refractivity contribution in [3.05, 3.63) is 71.7 Å². The van der Waals surface area contributed by atoms with Crippen LogP contribution in [0.2, 0.25) is 0 Å². The molecular formula is C20H22N2O. The molecule has 0 aliphatic rings. The van der Waals surface area contributed by atoms with Gasteiger partial charge in [-0.15, -0.1) is 0 Å². The minimum absolute atomic E-state index is 0.103. The van der Waals surface area contributed by atoms with E-state index in [1.165, 1.54) is 5.56 Å². The monoisotopic (exact) mass is 306 g/mol. The van der Waals surface area contributed by atoms with Gasteiger partial charge in [-0.2, -0.15) is 0 Å². The molecule has 0 saturated carbocycles. The van der Waals surface area contributed by atoms with Gasteiger partial charge in [-0.25, -0.2) is 0 Å². The van der Waals surface area contributed by atoms with E-state index in [2.05, 4.69) is 42.1 Å². The summed E-state index contributed by atoms with van der Waals surface area (Å²) >= 11 is 0. The third-order valence-electron chi connectivity index (χ3n) is 4.17. The number of aromatic nitrogens is 2. The van der Waals surface area contributed by atoms with Gasteiger partial charge in [-0.3, -0.25) is 4.98 Å². The van der Waals surface area contributed by atoms with Crippen LogP contribution in [0.15, 0.2) is 49.3 Å². The molecule has 2 heterocycles. The van der Waals surface area contributed by atoms with Crippen LogP contribution >= 0.6 is 0 Å². The van der Waals surface area contributed by atoms with Crippen molar-refractivity contribution in [2.45, 2.75) is 33.2 Å². The SMILES string of the molecule is C=C(O)c1cn(Cc2ccc(C)cn2)c2c(C(C)C)cccc12. The van der Waals surface area contributed by atoms with Crippen LogP contribution in [0.5, 0.6) is 0 Å². The summed E-state index contributed by atoms with van der Waals surface area (Å²) in [5, 5.41) is 11.0. The fourth-order valence-electron chi connectivity index (χ4n) is 2.98. The third kappa shape index (κ3) is 2.87. The molecule has 3 heteroatoms. The molecule has 0 fully saturated rings. The topological polar surface area (TPSA) is 38.0 Å². The molecule has 118 valence electrons. The Bertz CT molecular complexity index is 857. The number of nitrogens with zero attached hydrogens (tertiary/aromatic N) is 2. The Hall–Kier alpha value is -2.55. The molecule has 3 nitrogen and oxygen atoms in total. The zero-order valence-corrected chi connectivity index (χ0v) is 13.9. The lowest BCUT2D eigenvalue weighted by Gasteiger charge is -2.12. The molecule has 0 amide bonds. The molecule has 0 bridgehead atoms. The highest BCUT2D eigenvalue weighted by molar-refractivity contribution is 5.93. The molecule has 23 heavy (non-hydrogen) atoms. The highest BCUT2D eigenvalue weighted by Crippen LogP contribution is 2.32. The molecule has 1 N–H and O–H groups in total. The van der Waals surface area contributed by atoms with Gasteiger partial charge >= 0.3 is 0 Å². The van der Waals surface area contributed by atoms with Crippen molar-refractivity contribution >= 4 is 16.7 Å². The number of hydrogen-bond acceptors (Lipinski definition) is 2. The molecule has 0 spiro atoms. The minimum atomic E-state index is 0.103. The van der Waals surface area contributed by atoms with Crippen molar-refractivity contribution in [3.8, 4) is 0 Å². The Kier molecular flexibility index (Phi) is 3.95. The zero-order valence-electron chi connectivity index (χ0n) is 13.9. The molecule has 2 aromatic heterocycles. The fourth-order valence-corrected chi connectivity index (χ4v) is 2.98. The van der Waals surface area contributed by atoms with Crippen LogP contribution in [0, 0.1) is 6.92 Å². The summed E-state index contributed by atoms with van der Waals surface area (Å²) in [7, 11) is 0. The summed E-state index contributed by atoms with van der Waals surface area (Å²) < 4.78 is 2.17. The number of hydrogen-bond donors (Lipinski definition) is 1. The van der Waals surface area contributed by atoms with Crippen molar-refractivity contribution in [1.29, 1.82) is 0 Å². The van der Waals surface area contributed by atoms with E-state index < -0.39 is 0 Å².